The number of carboxylic acids is 1. The highest BCUT2D eigenvalue weighted by molar-refractivity contribution is 6.33. The first-order valence-electron chi connectivity index (χ1n) is 6.21. The van der Waals surface area contributed by atoms with E-state index in [0.717, 1.165) is 6.54 Å². The van der Waals surface area contributed by atoms with Crippen LogP contribution in [0.3, 0.4) is 0 Å². The summed E-state index contributed by atoms with van der Waals surface area (Å²) in [6.45, 7) is 2.01. The van der Waals surface area contributed by atoms with E-state index >= 15 is 0 Å². The molecule has 0 spiro atoms. The van der Waals surface area contributed by atoms with Gasteiger partial charge in [-0.15, -0.1) is 0 Å². The molecule has 2 rings (SSSR count). The lowest BCUT2D eigenvalue weighted by atomic mass is 10.2. The second kappa shape index (κ2) is 6.69. The molecule has 0 aromatic heterocycles. The number of hydrogen-bond acceptors (Lipinski definition) is 4. The summed E-state index contributed by atoms with van der Waals surface area (Å²) >= 11 is 5.76. The molecule has 3 N–H and O–H groups in total. The maximum atomic E-state index is 11.8. The predicted octanol–water partition coefficient (Wildman–Crippen LogP) is 1.36. The minimum Gasteiger partial charge on any atom is -0.478 e. The third kappa shape index (κ3) is 3.93. The highest BCUT2D eigenvalue weighted by Crippen LogP contribution is 2.20. The van der Waals surface area contributed by atoms with Crippen LogP contribution < -0.4 is 10.6 Å². The molecule has 1 amide bonds. The molecule has 1 aromatic rings. The van der Waals surface area contributed by atoms with E-state index in [0.29, 0.717) is 18.8 Å². The third-order valence-electron chi connectivity index (χ3n) is 2.90. The van der Waals surface area contributed by atoms with Crippen LogP contribution in [0.15, 0.2) is 18.2 Å². The lowest BCUT2D eigenvalue weighted by Gasteiger charge is -2.23. The Morgan fingerprint density at radius 3 is 2.95 bits per heavy atom. The molecule has 7 heteroatoms. The van der Waals surface area contributed by atoms with Gasteiger partial charge in [-0.25, -0.2) is 4.79 Å². The largest absolute Gasteiger partial charge is 0.478 e. The SMILES string of the molecule is O=C(CC1CNCCO1)Nc1ccc(Cl)c(C(=O)O)c1. The second-order valence-electron chi connectivity index (χ2n) is 4.45. The lowest BCUT2D eigenvalue weighted by molar-refractivity contribution is -0.119. The fourth-order valence-electron chi connectivity index (χ4n) is 1.94. The van der Waals surface area contributed by atoms with E-state index < -0.39 is 5.97 Å². The second-order valence-corrected chi connectivity index (χ2v) is 4.86. The van der Waals surface area contributed by atoms with Crippen molar-refractivity contribution >= 4 is 29.2 Å². The van der Waals surface area contributed by atoms with Crippen LogP contribution in [0.5, 0.6) is 0 Å². The smallest absolute Gasteiger partial charge is 0.337 e. The van der Waals surface area contributed by atoms with Crippen molar-refractivity contribution in [3.8, 4) is 0 Å². The van der Waals surface area contributed by atoms with Crippen LogP contribution >= 0.6 is 11.6 Å². The molecule has 1 aromatic carbocycles. The van der Waals surface area contributed by atoms with Gasteiger partial charge in [-0.3, -0.25) is 4.79 Å². The highest BCUT2D eigenvalue weighted by atomic mass is 35.5. The fourth-order valence-corrected chi connectivity index (χ4v) is 2.13. The van der Waals surface area contributed by atoms with Crippen LogP contribution in [0.2, 0.25) is 5.02 Å². The zero-order valence-corrected chi connectivity index (χ0v) is 11.4. The van der Waals surface area contributed by atoms with Gasteiger partial charge in [0.05, 0.1) is 29.7 Å². The number of carbonyl (C=O) groups is 2. The van der Waals surface area contributed by atoms with E-state index in [4.69, 9.17) is 21.4 Å². The van der Waals surface area contributed by atoms with Gasteiger partial charge in [0.15, 0.2) is 0 Å². The molecule has 0 bridgehead atoms. The van der Waals surface area contributed by atoms with Crippen molar-refractivity contribution < 1.29 is 19.4 Å². The average molecular weight is 299 g/mol. The van der Waals surface area contributed by atoms with Crippen molar-refractivity contribution in [2.75, 3.05) is 25.0 Å². The Balaban J connectivity index is 1.96. The highest BCUT2D eigenvalue weighted by Gasteiger charge is 2.18. The van der Waals surface area contributed by atoms with Crippen LogP contribution in [0, 0.1) is 0 Å². The van der Waals surface area contributed by atoms with Gasteiger partial charge in [-0.2, -0.15) is 0 Å². The van der Waals surface area contributed by atoms with E-state index in [1.807, 2.05) is 0 Å². The van der Waals surface area contributed by atoms with Crippen LogP contribution in [0.1, 0.15) is 16.8 Å². The zero-order chi connectivity index (χ0) is 14.5. The summed E-state index contributed by atoms with van der Waals surface area (Å²) in [6.07, 6.45) is 0.0629. The molecule has 0 saturated carbocycles. The quantitative estimate of drug-likeness (QED) is 0.781. The van der Waals surface area contributed by atoms with Crippen molar-refractivity contribution in [3.05, 3.63) is 28.8 Å². The number of halogens is 1. The molecule has 1 aliphatic rings. The Bertz CT molecular complexity index is 515. The first kappa shape index (κ1) is 14.8. The third-order valence-corrected chi connectivity index (χ3v) is 3.23. The van der Waals surface area contributed by atoms with Gasteiger partial charge >= 0.3 is 5.97 Å². The Hall–Kier alpha value is -1.63. The molecule has 1 heterocycles. The number of aromatic carboxylic acids is 1. The number of carbonyl (C=O) groups excluding carboxylic acids is 1. The van der Waals surface area contributed by atoms with Gasteiger partial charge in [0, 0.05) is 18.8 Å². The van der Waals surface area contributed by atoms with Crippen molar-refractivity contribution in [1.82, 2.24) is 5.32 Å². The maximum absolute atomic E-state index is 11.8. The van der Waals surface area contributed by atoms with E-state index in [9.17, 15) is 9.59 Å². The Morgan fingerprint density at radius 1 is 1.50 bits per heavy atom. The number of rotatable bonds is 4. The number of hydrogen-bond donors (Lipinski definition) is 3. The van der Waals surface area contributed by atoms with Crippen molar-refractivity contribution in [3.63, 3.8) is 0 Å². The number of ether oxygens (including phenoxy) is 1. The summed E-state index contributed by atoms with van der Waals surface area (Å²) in [5.74, 6) is -1.36. The van der Waals surface area contributed by atoms with E-state index in [1.54, 1.807) is 6.07 Å². The van der Waals surface area contributed by atoms with Gasteiger partial charge in [-0.05, 0) is 18.2 Å². The van der Waals surface area contributed by atoms with Gasteiger partial charge in [0.25, 0.3) is 0 Å². The normalized spacial score (nSPS) is 18.6. The number of anilines is 1. The summed E-state index contributed by atoms with van der Waals surface area (Å²) in [5.41, 5.74) is 0.362. The molecular weight excluding hydrogens is 284 g/mol. The van der Waals surface area contributed by atoms with E-state index in [1.165, 1.54) is 12.1 Å². The van der Waals surface area contributed by atoms with Crippen LogP contribution in [0.25, 0.3) is 0 Å². The molecule has 1 saturated heterocycles. The predicted molar refractivity (Wildman–Crippen MR) is 74.3 cm³/mol. The van der Waals surface area contributed by atoms with Gasteiger partial charge in [0.1, 0.15) is 0 Å². The summed E-state index contributed by atoms with van der Waals surface area (Å²) in [4.78, 5) is 22.8. The van der Waals surface area contributed by atoms with E-state index in [2.05, 4.69) is 10.6 Å². The van der Waals surface area contributed by atoms with Crippen molar-refractivity contribution in [1.29, 1.82) is 0 Å². The number of amides is 1. The van der Waals surface area contributed by atoms with Crippen LogP contribution in [-0.4, -0.2) is 42.8 Å². The molecule has 0 radical (unpaired) electrons. The molecule has 1 unspecified atom stereocenters. The Kier molecular flexibility index (Phi) is 4.94. The Labute approximate surface area is 121 Å². The number of benzene rings is 1. The van der Waals surface area contributed by atoms with Crippen LogP contribution in [0.4, 0.5) is 5.69 Å². The molecular formula is C13H15ClN2O4. The lowest BCUT2D eigenvalue weighted by Crippen LogP contribution is -2.40. The summed E-state index contributed by atoms with van der Waals surface area (Å²) in [5, 5.41) is 14.9. The van der Waals surface area contributed by atoms with Gasteiger partial charge in [0.2, 0.25) is 5.91 Å². The molecule has 1 fully saturated rings. The van der Waals surface area contributed by atoms with Crippen molar-refractivity contribution in [2.24, 2.45) is 0 Å². The first-order chi connectivity index (χ1) is 9.56. The fraction of sp³-hybridized carbons (Fsp3) is 0.385. The number of nitrogens with one attached hydrogen (secondary N) is 2. The molecule has 20 heavy (non-hydrogen) atoms. The summed E-state index contributed by atoms with van der Waals surface area (Å²) in [6, 6.07) is 4.34. The minimum absolute atomic E-state index is 0.0416. The topological polar surface area (TPSA) is 87.7 Å². The van der Waals surface area contributed by atoms with E-state index in [-0.39, 0.29) is 29.0 Å². The molecule has 0 aliphatic carbocycles. The molecule has 6 nitrogen and oxygen atoms in total. The van der Waals surface area contributed by atoms with Crippen LogP contribution in [-0.2, 0) is 9.53 Å². The summed E-state index contributed by atoms with van der Waals surface area (Å²) < 4.78 is 5.43. The molecule has 1 atom stereocenters. The summed E-state index contributed by atoms with van der Waals surface area (Å²) in [7, 11) is 0. The Morgan fingerprint density at radius 2 is 2.30 bits per heavy atom. The number of morpholine rings is 1. The minimum atomic E-state index is -1.13. The van der Waals surface area contributed by atoms with Gasteiger partial charge in [-0.1, -0.05) is 11.6 Å². The molecule has 1 aliphatic heterocycles. The first-order valence-corrected chi connectivity index (χ1v) is 6.59. The van der Waals surface area contributed by atoms with Gasteiger partial charge < -0.3 is 20.5 Å². The standard InChI is InChI=1S/C13H15ClN2O4/c14-11-2-1-8(5-10(11)13(18)19)16-12(17)6-9-7-15-3-4-20-9/h1-2,5,9,15H,3-4,6-7H2,(H,16,17)(H,18,19). The number of carboxylic acid groups (broad SMARTS) is 1. The monoisotopic (exact) mass is 298 g/mol. The zero-order valence-electron chi connectivity index (χ0n) is 10.7. The molecule has 108 valence electrons. The maximum Gasteiger partial charge on any atom is 0.337 e. The van der Waals surface area contributed by atoms with Crippen molar-refractivity contribution in [2.45, 2.75) is 12.5 Å². The average Bonchev–Trinajstić information content (AvgIpc) is 2.41.